The molecule has 1 aliphatic rings. The van der Waals surface area contributed by atoms with Crippen molar-refractivity contribution in [1.29, 1.82) is 0 Å². The van der Waals surface area contributed by atoms with Crippen LogP contribution in [0.1, 0.15) is 37.5 Å². The molecule has 0 atom stereocenters. The van der Waals surface area contributed by atoms with Crippen LogP contribution in [0.3, 0.4) is 0 Å². The average molecular weight is 423 g/mol. The summed E-state index contributed by atoms with van der Waals surface area (Å²) in [5, 5.41) is 2.04. The van der Waals surface area contributed by atoms with Crippen LogP contribution in [0, 0.1) is 0 Å². The largest absolute Gasteiger partial charge is 0.489 e. The van der Waals surface area contributed by atoms with Crippen LogP contribution in [0.2, 0.25) is 0 Å². The minimum absolute atomic E-state index is 0.286. The Hall–Kier alpha value is -2.86. The van der Waals surface area contributed by atoms with Gasteiger partial charge in [-0.25, -0.2) is 9.78 Å². The fourth-order valence-corrected chi connectivity index (χ4v) is 4.04. The molecule has 1 aliphatic heterocycles. The Morgan fingerprint density at radius 2 is 2.00 bits per heavy atom. The van der Waals surface area contributed by atoms with Crippen LogP contribution >= 0.6 is 11.3 Å². The minimum atomic E-state index is -0.515. The van der Waals surface area contributed by atoms with Gasteiger partial charge in [-0.2, -0.15) is 0 Å². The van der Waals surface area contributed by atoms with E-state index in [2.05, 4.69) is 11.1 Å². The summed E-state index contributed by atoms with van der Waals surface area (Å²) < 4.78 is 11.8. The molecular formula is C24H26N2O3S. The molecule has 1 amide bonds. The van der Waals surface area contributed by atoms with E-state index in [0.717, 1.165) is 34.6 Å². The number of aromatic nitrogens is 1. The van der Waals surface area contributed by atoms with Gasteiger partial charge in [0.2, 0.25) is 0 Å². The first kappa shape index (κ1) is 20.4. The molecule has 0 N–H and O–H groups in total. The Morgan fingerprint density at radius 3 is 2.70 bits per heavy atom. The van der Waals surface area contributed by atoms with Crippen molar-refractivity contribution >= 4 is 17.4 Å². The third kappa shape index (κ3) is 4.82. The quantitative estimate of drug-likeness (QED) is 0.543. The van der Waals surface area contributed by atoms with Crippen molar-refractivity contribution in [2.24, 2.45) is 0 Å². The predicted octanol–water partition coefficient (Wildman–Crippen LogP) is 5.68. The van der Waals surface area contributed by atoms with E-state index < -0.39 is 5.60 Å². The highest BCUT2D eigenvalue weighted by molar-refractivity contribution is 7.07. The van der Waals surface area contributed by atoms with Gasteiger partial charge in [0.05, 0.1) is 17.7 Å². The summed E-state index contributed by atoms with van der Waals surface area (Å²) in [5.74, 6) is 0.799. The Labute approximate surface area is 181 Å². The fourth-order valence-electron chi connectivity index (χ4n) is 3.48. The summed E-state index contributed by atoms with van der Waals surface area (Å²) in [6.07, 6.45) is 0.472. The van der Waals surface area contributed by atoms with Crippen LogP contribution in [0.15, 0.2) is 53.4 Å². The maximum atomic E-state index is 12.6. The number of benzene rings is 2. The van der Waals surface area contributed by atoms with E-state index in [1.54, 1.807) is 16.2 Å². The van der Waals surface area contributed by atoms with Crippen molar-refractivity contribution in [3.63, 3.8) is 0 Å². The van der Waals surface area contributed by atoms with Gasteiger partial charge in [-0.3, -0.25) is 0 Å². The molecule has 6 heteroatoms. The topological polar surface area (TPSA) is 51.7 Å². The number of thiazole rings is 1. The lowest BCUT2D eigenvalue weighted by molar-refractivity contribution is 0.0222. The van der Waals surface area contributed by atoms with E-state index >= 15 is 0 Å². The lowest BCUT2D eigenvalue weighted by Gasteiger charge is -2.32. The zero-order valence-corrected chi connectivity index (χ0v) is 18.4. The maximum absolute atomic E-state index is 12.6. The van der Waals surface area contributed by atoms with E-state index in [0.29, 0.717) is 19.7 Å². The van der Waals surface area contributed by atoms with E-state index in [1.165, 1.54) is 5.56 Å². The molecule has 3 aromatic rings. The number of hydrogen-bond donors (Lipinski definition) is 0. The molecule has 0 saturated heterocycles. The van der Waals surface area contributed by atoms with Gasteiger partial charge in [-0.1, -0.05) is 30.3 Å². The molecular weight excluding hydrogens is 396 g/mol. The number of carbonyl (C=O) groups is 1. The van der Waals surface area contributed by atoms with E-state index in [-0.39, 0.29) is 6.09 Å². The van der Waals surface area contributed by atoms with Crippen molar-refractivity contribution in [3.05, 3.63) is 70.0 Å². The summed E-state index contributed by atoms with van der Waals surface area (Å²) in [4.78, 5) is 18.8. The number of fused-ring (bicyclic) bond motifs is 1. The molecule has 30 heavy (non-hydrogen) atoms. The number of carbonyl (C=O) groups excluding carboxylic acids is 1. The average Bonchev–Trinajstić information content (AvgIpc) is 3.26. The Morgan fingerprint density at radius 1 is 1.20 bits per heavy atom. The highest BCUT2D eigenvalue weighted by Crippen LogP contribution is 2.35. The van der Waals surface area contributed by atoms with Gasteiger partial charge in [0.25, 0.3) is 0 Å². The number of amides is 1. The molecule has 0 aliphatic carbocycles. The molecule has 5 nitrogen and oxygen atoms in total. The normalized spacial score (nSPS) is 13.6. The summed E-state index contributed by atoms with van der Waals surface area (Å²) in [6.45, 7) is 7.23. The van der Waals surface area contributed by atoms with Crippen LogP contribution in [0.25, 0.3) is 11.3 Å². The zero-order chi connectivity index (χ0) is 21.1. The monoisotopic (exact) mass is 422 g/mol. The highest BCUT2D eigenvalue weighted by Gasteiger charge is 2.28. The first-order valence-electron chi connectivity index (χ1n) is 10.1. The molecule has 156 valence electrons. The highest BCUT2D eigenvalue weighted by atomic mass is 32.1. The molecule has 4 rings (SSSR count). The van der Waals surface area contributed by atoms with Crippen LogP contribution in [0.4, 0.5) is 4.79 Å². The smallest absolute Gasteiger partial charge is 0.410 e. The van der Waals surface area contributed by atoms with Gasteiger partial charge in [0, 0.05) is 23.1 Å². The first-order chi connectivity index (χ1) is 14.4. The predicted molar refractivity (Wildman–Crippen MR) is 119 cm³/mol. The van der Waals surface area contributed by atoms with Gasteiger partial charge >= 0.3 is 6.09 Å². The standard InChI is InChI=1S/C24H26N2O3S/c1-24(2,3)29-23(27)26-10-9-18-11-19(21-15-30-16-25-21)12-22(20(18)13-26)28-14-17-7-5-4-6-8-17/h4-8,11-12,15-16H,9-10,13-14H2,1-3H3. The molecule has 0 bridgehead atoms. The van der Waals surface area contributed by atoms with Gasteiger partial charge in [0.15, 0.2) is 0 Å². The summed E-state index contributed by atoms with van der Waals surface area (Å²) in [6, 6.07) is 14.3. The second-order valence-electron chi connectivity index (χ2n) is 8.41. The second kappa shape index (κ2) is 8.48. The Kier molecular flexibility index (Phi) is 5.77. The molecule has 0 unspecified atom stereocenters. The summed E-state index contributed by atoms with van der Waals surface area (Å²) >= 11 is 1.58. The van der Waals surface area contributed by atoms with Gasteiger partial charge in [0.1, 0.15) is 18.0 Å². The van der Waals surface area contributed by atoms with E-state index in [1.807, 2.05) is 68.1 Å². The summed E-state index contributed by atoms with van der Waals surface area (Å²) in [5.41, 5.74) is 6.66. The molecule has 2 heterocycles. The molecule has 1 aromatic heterocycles. The molecule has 0 saturated carbocycles. The van der Waals surface area contributed by atoms with Crippen molar-refractivity contribution in [3.8, 4) is 17.0 Å². The number of hydrogen-bond acceptors (Lipinski definition) is 5. The van der Waals surface area contributed by atoms with Gasteiger partial charge in [-0.05, 0) is 50.5 Å². The van der Waals surface area contributed by atoms with Crippen LogP contribution in [-0.4, -0.2) is 28.1 Å². The first-order valence-corrected chi connectivity index (χ1v) is 11.0. The van der Waals surface area contributed by atoms with Crippen LogP contribution in [-0.2, 0) is 24.3 Å². The van der Waals surface area contributed by atoms with Crippen LogP contribution in [0.5, 0.6) is 5.75 Å². The number of nitrogens with zero attached hydrogens (tertiary/aromatic N) is 2. The third-order valence-electron chi connectivity index (χ3n) is 4.92. The van der Waals surface area contributed by atoms with Crippen LogP contribution < -0.4 is 4.74 Å². The number of rotatable bonds is 4. The molecule has 0 fully saturated rings. The van der Waals surface area contributed by atoms with E-state index in [4.69, 9.17) is 9.47 Å². The van der Waals surface area contributed by atoms with Crippen molar-refractivity contribution in [1.82, 2.24) is 9.88 Å². The van der Waals surface area contributed by atoms with Crippen molar-refractivity contribution in [2.75, 3.05) is 6.54 Å². The minimum Gasteiger partial charge on any atom is -0.489 e. The SMILES string of the molecule is CC(C)(C)OC(=O)N1CCc2cc(-c3cscn3)cc(OCc3ccccc3)c2C1. The fraction of sp³-hybridized carbons (Fsp3) is 0.333. The zero-order valence-electron chi connectivity index (χ0n) is 17.6. The Bertz CT molecular complexity index is 1010. The molecule has 0 radical (unpaired) electrons. The summed E-state index contributed by atoms with van der Waals surface area (Å²) in [7, 11) is 0. The lowest BCUT2D eigenvalue weighted by atomic mass is 9.95. The number of ether oxygens (including phenoxy) is 2. The lowest BCUT2D eigenvalue weighted by Crippen LogP contribution is -2.40. The van der Waals surface area contributed by atoms with Gasteiger partial charge in [-0.15, -0.1) is 11.3 Å². The van der Waals surface area contributed by atoms with E-state index in [9.17, 15) is 4.79 Å². The molecule has 2 aromatic carbocycles. The second-order valence-corrected chi connectivity index (χ2v) is 9.13. The third-order valence-corrected chi connectivity index (χ3v) is 5.50. The van der Waals surface area contributed by atoms with Gasteiger partial charge < -0.3 is 14.4 Å². The molecule has 0 spiro atoms. The van der Waals surface area contributed by atoms with Crippen molar-refractivity contribution in [2.45, 2.75) is 45.9 Å². The Balaban J connectivity index is 1.63. The maximum Gasteiger partial charge on any atom is 0.410 e. The van der Waals surface area contributed by atoms with Crippen molar-refractivity contribution < 1.29 is 14.3 Å².